The monoisotopic (exact) mass is 257 g/mol. The summed E-state index contributed by atoms with van der Waals surface area (Å²) in [6.45, 7) is 1.73. The fourth-order valence-electron chi connectivity index (χ4n) is 1.74. The summed E-state index contributed by atoms with van der Waals surface area (Å²) >= 11 is 0. The van der Waals surface area contributed by atoms with E-state index in [1.807, 2.05) is 25.4 Å². The zero-order valence-electron chi connectivity index (χ0n) is 11.1. The number of aromatic nitrogens is 3. The van der Waals surface area contributed by atoms with Gasteiger partial charge in [-0.3, -0.25) is 4.98 Å². The predicted octanol–water partition coefficient (Wildman–Crippen LogP) is 1.29. The quantitative estimate of drug-likeness (QED) is 0.782. The Morgan fingerprint density at radius 2 is 2.05 bits per heavy atom. The van der Waals surface area contributed by atoms with Crippen LogP contribution in [0.3, 0.4) is 0 Å². The number of hydrogen-bond acceptors (Lipinski definition) is 5. The second-order valence-electron chi connectivity index (χ2n) is 4.25. The van der Waals surface area contributed by atoms with Gasteiger partial charge in [0.15, 0.2) is 0 Å². The first-order valence-electron chi connectivity index (χ1n) is 6.48. The van der Waals surface area contributed by atoms with Gasteiger partial charge in [-0.1, -0.05) is 6.07 Å². The second-order valence-corrected chi connectivity index (χ2v) is 4.25. The minimum atomic E-state index is 0.841. The molecule has 0 aliphatic carbocycles. The number of nitrogens with one attached hydrogen (secondary N) is 2. The first kappa shape index (κ1) is 13.4. The normalized spacial score (nSPS) is 10.4. The third-order valence-corrected chi connectivity index (χ3v) is 2.75. The molecule has 2 heterocycles. The molecule has 0 saturated heterocycles. The molecule has 2 aromatic rings. The average molecular weight is 257 g/mol. The van der Waals surface area contributed by atoms with E-state index in [0.29, 0.717) is 0 Å². The number of nitrogens with zero attached hydrogens (tertiary/aromatic N) is 3. The van der Waals surface area contributed by atoms with Crippen molar-refractivity contribution in [1.29, 1.82) is 0 Å². The summed E-state index contributed by atoms with van der Waals surface area (Å²) < 4.78 is 0. The van der Waals surface area contributed by atoms with E-state index in [1.54, 1.807) is 12.4 Å². The number of pyridine rings is 1. The van der Waals surface area contributed by atoms with Crippen LogP contribution in [-0.2, 0) is 12.8 Å². The predicted molar refractivity (Wildman–Crippen MR) is 76.1 cm³/mol. The molecular weight excluding hydrogens is 238 g/mol. The fraction of sp³-hybridized carbons (Fsp3) is 0.357. The summed E-state index contributed by atoms with van der Waals surface area (Å²) in [6.07, 6.45) is 7.25. The Hall–Kier alpha value is -2.01. The van der Waals surface area contributed by atoms with Crippen LogP contribution in [0.1, 0.15) is 11.4 Å². The number of rotatable bonds is 7. The summed E-state index contributed by atoms with van der Waals surface area (Å²) in [5, 5.41) is 6.40. The molecule has 100 valence electrons. The van der Waals surface area contributed by atoms with Gasteiger partial charge in [-0.2, -0.15) is 0 Å². The third-order valence-electron chi connectivity index (χ3n) is 2.75. The van der Waals surface area contributed by atoms with Crippen LogP contribution in [-0.4, -0.2) is 35.1 Å². The second kappa shape index (κ2) is 7.43. The summed E-state index contributed by atoms with van der Waals surface area (Å²) in [6, 6.07) is 5.93. The van der Waals surface area contributed by atoms with E-state index >= 15 is 0 Å². The van der Waals surface area contributed by atoms with Crippen molar-refractivity contribution in [2.75, 3.05) is 25.5 Å². The van der Waals surface area contributed by atoms with Gasteiger partial charge in [0.05, 0.1) is 0 Å². The lowest BCUT2D eigenvalue weighted by atomic mass is 10.2. The molecule has 0 aromatic carbocycles. The van der Waals surface area contributed by atoms with Gasteiger partial charge in [-0.25, -0.2) is 9.97 Å². The van der Waals surface area contributed by atoms with E-state index < -0.39 is 0 Å². The van der Waals surface area contributed by atoms with E-state index in [9.17, 15) is 0 Å². The molecule has 0 bridgehead atoms. The lowest BCUT2D eigenvalue weighted by molar-refractivity contribution is 0.755. The molecular formula is C14H19N5. The van der Waals surface area contributed by atoms with E-state index in [1.165, 1.54) is 5.56 Å². The van der Waals surface area contributed by atoms with Crippen LogP contribution in [0, 0.1) is 0 Å². The molecule has 2 rings (SSSR count). The molecule has 0 aliphatic rings. The van der Waals surface area contributed by atoms with Gasteiger partial charge in [0.2, 0.25) is 0 Å². The lowest BCUT2D eigenvalue weighted by Gasteiger charge is -2.06. The van der Waals surface area contributed by atoms with Crippen LogP contribution in [0.2, 0.25) is 0 Å². The minimum Gasteiger partial charge on any atom is -0.370 e. The van der Waals surface area contributed by atoms with Gasteiger partial charge in [0.1, 0.15) is 11.6 Å². The Bertz CT molecular complexity index is 486. The highest BCUT2D eigenvalue weighted by Gasteiger charge is 1.99. The number of hydrogen-bond donors (Lipinski definition) is 2. The molecule has 0 fully saturated rings. The Balaban J connectivity index is 1.82. The molecule has 0 unspecified atom stereocenters. The van der Waals surface area contributed by atoms with Crippen molar-refractivity contribution in [2.24, 2.45) is 0 Å². The molecule has 2 N–H and O–H groups in total. The molecule has 0 spiro atoms. The molecule has 19 heavy (non-hydrogen) atoms. The summed E-state index contributed by atoms with van der Waals surface area (Å²) in [5.74, 6) is 1.74. The maximum atomic E-state index is 4.46. The van der Waals surface area contributed by atoms with E-state index in [4.69, 9.17) is 0 Å². The number of anilines is 1. The first-order valence-corrected chi connectivity index (χ1v) is 6.48. The molecule has 5 heteroatoms. The van der Waals surface area contributed by atoms with Gasteiger partial charge in [-0.05, 0) is 31.2 Å². The largest absolute Gasteiger partial charge is 0.370 e. The van der Waals surface area contributed by atoms with E-state index in [0.717, 1.165) is 37.6 Å². The molecule has 2 aromatic heterocycles. The highest BCUT2D eigenvalue weighted by atomic mass is 15.0. The van der Waals surface area contributed by atoms with Gasteiger partial charge < -0.3 is 10.6 Å². The van der Waals surface area contributed by atoms with Gasteiger partial charge >= 0.3 is 0 Å². The topological polar surface area (TPSA) is 62.7 Å². The first-order chi connectivity index (χ1) is 9.38. The molecule has 0 atom stereocenters. The number of likely N-dealkylation sites (N-methyl/N-ethyl adjacent to an activating group) is 1. The average Bonchev–Trinajstić information content (AvgIpc) is 2.47. The fourth-order valence-corrected chi connectivity index (χ4v) is 1.74. The Kier molecular flexibility index (Phi) is 5.25. The molecule has 0 radical (unpaired) electrons. The maximum absolute atomic E-state index is 4.46. The zero-order chi connectivity index (χ0) is 13.3. The van der Waals surface area contributed by atoms with Crippen molar-refractivity contribution >= 4 is 5.82 Å². The lowest BCUT2D eigenvalue weighted by Crippen LogP contribution is -2.13. The van der Waals surface area contributed by atoms with Crippen LogP contribution in [0.15, 0.2) is 36.8 Å². The van der Waals surface area contributed by atoms with Crippen LogP contribution >= 0.6 is 0 Å². The highest BCUT2D eigenvalue weighted by molar-refractivity contribution is 5.33. The smallest absolute Gasteiger partial charge is 0.131 e. The Morgan fingerprint density at radius 3 is 2.84 bits per heavy atom. The molecule has 0 amide bonds. The van der Waals surface area contributed by atoms with Gasteiger partial charge in [-0.15, -0.1) is 0 Å². The van der Waals surface area contributed by atoms with Crippen LogP contribution < -0.4 is 10.6 Å². The summed E-state index contributed by atoms with van der Waals surface area (Å²) in [4.78, 5) is 12.8. The van der Waals surface area contributed by atoms with Crippen LogP contribution in [0.5, 0.6) is 0 Å². The highest BCUT2D eigenvalue weighted by Crippen LogP contribution is 2.03. The van der Waals surface area contributed by atoms with Crippen molar-refractivity contribution in [1.82, 2.24) is 20.3 Å². The van der Waals surface area contributed by atoms with Gasteiger partial charge in [0, 0.05) is 38.1 Å². The standard InChI is InChI=1S/C14H19N5/c1-15-8-5-13-18-10-6-14(19-13)17-9-4-12-3-2-7-16-11-12/h2-3,6-7,10-11,15H,4-5,8-9H2,1H3,(H,17,18,19). The Labute approximate surface area is 113 Å². The maximum Gasteiger partial charge on any atom is 0.131 e. The van der Waals surface area contributed by atoms with Crippen molar-refractivity contribution in [3.63, 3.8) is 0 Å². The summed E-state index contributed by atoms with van der Waals surface area (Å²) in [5.41, 5.74) is 1.22. The van der Waals surface area contributed by atoms with Crippen LogP contribution in [0.4, 0.5) is 5.82 Å². The van der Waals surface area contributed by atoms with Gasteiger partial charge in [0.25, 0.3) is 0 Å². The zero-order valence-corrected chi connectivity index (χ0v) is 11.1. The van der Waals surface area contributed by atoms with Crippen molar-refractivity contribution < 1.29 is 0 Å². The molecule has 0 aliphatic heterocycles. The Morgan fingerprint density at radius 1 is 1.11 bits per heavy atom. The third kappa shape index (κ3) is 4.63. The van der Waals surface area contributed by atoms with Crippen molar-refractivity contribution in [2.45, 2.75) is 12.8 Å². The van der Waals surface area contributed by atoms with Crippen molar-refractivity contribution in [3.8, 4) is 0 Å². The van der Waals surface area contributed by atoms with E-state index in [2.05, 4.69) is 31.7 Å². The van der Waals surface area contributed by atoms with E-state index in [-0.39, 0.29) is 0 Å². The van der Waals surface area contributed by atoms with Crippen LogP contribution in [0.25, 0.3) is 0 Å². The minimum absolute atomic E-state index is 0.841. The van der Waals surface area contributed by atoms with Crippen molar-refractivity contribution in [3.05, 3.63) is 48.2 Å². The summed E-state index contributed by atoms with van der Waals surface area (Å²) in [7, 11) is 1.93. The SMILES string of the molecule is CNCCc1nccc(NCCc2cccnc2)n1. The molecule has 0 saturated carbocycles. The molecule has 5 nitrogen and oxygen atoms in total.